The van der Waals surface area contributed by atoms with E-state index >= 15 is 0 Å². The molecular formula is C42H60BN5O4. The van der Waals surface area contributed by atoms with Crippen molar-refractivity contribution < 1.29 is 18.8 Å². The van der Waals surface area contributed by atoms with Crippen molar-refractivity contribution in [1.82, 2.24) is 20.0 Å². The Labute approximate surface area is 311 Å². The predicted octanol–water partition coefficient (Wildman–Crippen LogP) is 7.01. The second-order valence-electron chi connectivity index (χ2n) is 17.0. The van der Waals surface area contributed by atoms with Crippen molar-refractivity contribution in [1.29, 1.82) is 0 Å². The largest absolute Gasteiger partial charge is 0.495 e. The summed E-state index contributed by atoms with van der Waals surface area (Å²) in [6.07, 6.45) is 10.4. The lowest BCUT2D eigenvalue weighted by molar-refractivity contribution is -0.122. The molecule has 1 amide bonds. The summed E-state index contributed by atoms with van der Waals surface area (Å²) >= 11 is 0. The number of fused-ring (bicyclic) bond motifs is 1. The van der Waals surface area contributed by atoms with Crippen molar-refractivity contribution in [2.24, 2.45) is 13.0 Å². The summed E-state index contributed by atoms with van der Waals surface area (Å²) in [6, 6.07) is 13.3. The Morgan fingerprint density at radius 2 is 1.69 bits per heavy atom. The van der Waals surface area contributed by atoms with Gasteiger partial charge in [0.25, 0.3) is 0 Å². The minimum Gasteiger partial charge on any atom is -0.490 e. The number of aryl methyl sites for hydroxylation is 1. The number of carbonyl (C=O) groups excluding carboxylic acids is 1. The molecule has 4 aliphatic rings. The molecule has 2 aromatic carbocycles. The SMILES string of the molecule is C=C1CCC(c2nn(C)c3c(N4CCN(C(C)CCCC5CCC(Oc6cccc(B7OC(C)(C)C(C)(C)O7)c6C)CC5)CC4)cccc23)C(=O)N1. The lowest BCUT2D eigenvalue weighted by Gasteiger charge is -2.39. The third kappa shape index (κ3) is 7.40. The van der Waals surface area contributed by atoms with Gasteiger partial charge < -0.3 is 24.3 Å². The first-order valence-electron chi connectivity index (χ1n) is 19.9. The highest BCUT2D eigenvalue weighted by molar-refractivity contribution is 6.62. The number of carbonyl (C=O) groups is 1. The van der Waals surface area contributed by atoms with E-state index in [1.54, 1.807) is 0 Å². The van der Waals surface area contributed by atoms with Gasteiger partial charge in [0.2, 0.25) is 5.91 Å². The predicted molar refractivity (Wildman–Crippen MR) is 210 cm³/mol. The summed E-state index contributed by atoms with van der Waals surface area (Å²) in [5, 5.41) is 8.92. The zero-order valence-electron chi connectivity index (χ0n) is 32.7. The molecule has 0 bridgehead atoms. The van der Waals surface area contributed by atoms with Gasteiger partial charge in [-0.15, -0.1) is 0 Å². The van der Waals surface area contributed by atoms with Gasteiger partial charge in [-0.25, -0.2) is 0 Å². The van der Waals surface area contributed by atoms with Crippen LogP contribution in [0.3, 0.4) is 0 Å². The number of piperazine rings is 1. The van der Waals surface area contributed by atoms with Crippen molar-refractivity contribution in [3.05, 3.63) is 59.9 Å². The van der Waals surface area contributed by atoms with Gasteiger partial charge in [-0.1, -0.05) is 43.7 Å². The van der Waals surface area contributed by atoms with Crippen LogP contribution in [0.4, 0.5) is 5.69 Å². The quantitative estimate of drug-likeness (QED) is 0.227. The summed E-state index contributed by atoms with van der Waals surface area (Å²) in [6.45, 7) is 21.0. The molecule has 1 N–H and O–H groups in total. The smallest absolute Gasteiger partial charge is 0.490 e. The van der Waals surface area contributed by atoms with Crippen LogP contribution in [0.2, 0.25) is 0 Å². The van der Waals surface area contributed by atoms with E-state index in [9.17, 15) is 4.79 Å². The number of piperidine rings is 1. The number of nitrogens with one attached hydrogen (secondary N) is 1. The van der Waals surface area contributed by atoms with Crippen LogP contribution in [-0.2, 0) is 21.2 Å². The first kappa shape index (κ1) is 37.0. The van der Waals surface area contributed by atoms with Gasteiger partial charge in [-0.05, 0) is 116 Å². The van der Waals surface area contributed by atoms with Crippen molar-refractivity contribution >= 4 is 35.1 Å². The maximum absolute atomic E-state index is 12.8. The number of aromatic nitrogens is 2. The Morgan fingerprint density at radius 3 is 2.38 bits per heavy atom. The van der Waals surface area contributed by atoms with Crippen molar-refractivity contribution in [2.75, 3.05) is 31.1 Å². The fourth-order valence-electron chi connectivity index (χ4n) is 8.88. The monoisotopic (exact) mass is 709 g/mol. The number of amides is 1. The molecule has 2 atom stereocenters. The Bertz CT molecular complexity index is 1750. The van der Waals surface area contributed by atoms with Crippen molar-refractivity contribution in [3.8, 4) is 5.75 Å². The van der Waals surface area contributed by atoms with Gasteiger partial charge >= 0.3 is 7.12 Å². The highest BCUT2D eigenvalue weighted by atomic mass is 16.7. The average molecular weight is 710 g/mol. The average Bonchev–Trinajstić information content (AvgIpc) is 3.56. The molecule has 1 aromatic heterocycles. The molecule has 280 valence electrons. The minimum absolute atomic E-state index is 0.0120. The van der Waals surface area contributed by atoms with Crippen molar-refractivity contribution in [2.45, 2.75) is 129 Å². The van der Waals surface area contributed by atoms with Crippen LogP contribution in [0.5, 0.6) is 5.75 Å². The molecule has 10 heteroatoms. The molecule has 52 heavy (non-hydrogen) atoms. The Kier molecular flexibility index (Phi) is 10.6. The zero-order valence-corrected chi connectivity index (χ0v) is 32.7. The number of hydrogen-bond donors (Lipinski definition) is 1. The number of para-hydroxylation sites is 1. The zero-order chi connectivity index (χ0) is 36.8. The second kappa shape index (κ2) is 14.8. The molecule has 0 radical (unpaired) electrons. The summed E-state index contributed by atoms with van der Waals surface area (Å²) in [5.74, 6) is 1.54. The molecule has 1 aliphatic carbocycles. The standard InChI is InChI=1S/C42H60BN5O4/c1-28-18-23-34(40(49)44-28)38-33-14-10-16-36(39(33)46(8)45-38)48-26-24-47(25-27-48)29(2)12-9-13-31-19-21-32(22-20-31)50-37-17-11-15-35(30(37)3)43-51-41(4,5)42(6,7)52-43/h10-11,14-17,29,31-32,34H,1,9,12-13,18-27H2,2-8H3,(H,44,49). The molecule has 3 aromatic rings. The number of nitrogens with zero attached hydrogens (tertiary/aromatic N) is 4. The fraction of sp³-hybridized carbons (Fsp3) is 0.619. The molecule has 1 saturated carbocycles. The van der Waals surface area contributed by atoms with E-state index in [1.165, 1.54) is 37.8 Å². The number of anilines is 1. The molecule has 7 rings (SSSR count). The lowest BCUT2D eigenvalue weighted by Crippen LogP contribution is -2.49. The van der Waals surface area contributed by atoms with E-state index in [4.69, 9.17) is 19.1 Å². The Hall–Kier alpha value is -3.34. The van der Waals surface area contributed by atoms with Crippen LogP contribution in [-0.4, -0.2) is 77.2 Å². The number of hydrogen-bond acceptors (Lipinski definition) is 7. The molecule has 4 fully saturated rings. The van der Waals surface area contributed by atoms with Crippen LogP contribution < -0.4 is 20.4 Å². The van der Waals surface area contributed by atoms with Crippen LogP contribution >= 0.6 is 0 Å². The normalized spacial score (nSPS) is 25.8. The van der Waals surface area contributed by atoms with E-state index in [-0.39, 0.29) is 36.2 Å². The highest BCUT2D eigenvalue weighted by Gasteiger charge is 2.52. The first-order valence-corrected chi connectivity index (χ1v) is 19.9. The fourth-order valence-corrected chi connectivity index (χ4v) is 8.88. The van der Waals surface area contributed by atoms with Crippen LogP contribution in [0.15, 0.2) is 48.7 Å². The minimum atomic E-state index is -0.370. The number of benzene rings is 2. The van der Waals surface area contributed by atoms with Crippen molar-refractivity contribution in [3.63, 3.8) is 0 Å². The van der Waals surface area contributed by atoms with E-state index in [2.05, 4.69) is 99.6 Å². The summed E-state index contributed by atoms with van der Waals surface area (Å²) in [7, 11) is 1.64. The number of rotatable bonds is 10. The molecule has 4 heterocycles. The Balaban J connectivity index is 0.855. The van der Waals surface area contributed by atoms with Gasteiger partial charge in [0, 0.05) is 50.4 Å². The summed E-state index contributed by atoms with van der Waals surface area (Å²) in [4.78, 5) is 18.0. The molecule has 2 unspecified atom stereocenters. The third-order valence-electron chi connectivity index (χ3n) is 13.0. The summed E-state index contributed by atoms with van der Waals surface area (Å²) < 4.78 is 21.3. The third-order valence-corrected chi connectivity index (χ3v) is 13.0. The van der Waals surface area contributed by atoms with Crippen LogP contribution in [0.25, 0.3) is 10.9 Å². The maximum Gasteiger partial charge on any atom is 0.495 e. The Morgan fingerprint density at radius 1 is 1.00 bits per heavy atom. The summed E-state index contributed by atoms with van der Waals surface area (Å²) in [5.41, 5.74) is 5.51. The van der Waals surface area contributed by atoms with E-state index in [1.807, 2.05) is 11.7 Å². The second-order valence-corrected chi connectivity index (χ2v) is 17.0. The molecule has 0 spiro atoms. The molecular weight excluding hydrogens is 649 g/mol. The number of allylic oxidation sites excluding steroid dienone is 1. The topological polar surface area (TPSA) is 81.1 Å². The van der Waals surface area contributed by atoms with Crippen LogP contribution in [0, 0.1) is 12.8 Å². The molecule has 3 saturated heterocycles. The van der Waals surface area contributed by atoms with Gasteiger partial charge in [-0.2, -0.15) is 5.10 Å². The lowest BCUT2D eigenvalue weighted by atomic mass is 9.76. The van der Waals surface area contributed by atoms with Crippen LogP contribution in [0.1, 0.15) is 110 Å². The maximum atomic E-state index is 12.8. The molecule has 9 nitrogen and oxygen atoms in total. The molecule has 3 aliphatic heterocycles. The van der Waals surface area contributed by atoms with Gasteiger partial charge in [0.05, 0.1) is 40.1 Å². The van der Waals surface area contributed by atoms with E-state index < -0.39 is 0 Å². The number of ether oxygens (including phenoxy) is 1. The van der Waals surface area contributed by atoms with Gasteiger partial charge in [0.1, 0.15) is 5.75 Å². The van der Waals surface area contributed by atoms with E-state index in [0.29, 0.717) is 6.04 Å². The van der Waals surface area contributed by atoms with Gasteiger partial charge in [0.15, 0.2) is 0 Å². The van der Waals surface area contributed by atoms with E-state index in [0.717, 1.165) is 96.8 Å². The first-order chi connectivity index (χ1) is 24.8. The van der Waals surface area contributed by atoms with Gasteiger partial charge in [-0.3, -0.25) is 14.4 Å². The highest BCUT2D eigenvalue weighted by Crippen LogP contribution is 2.39.